The third-order valence-electron chi connectivity index (χ3n) is 3.22. The molecule has 106 valence electrons. The summed E-state index contributed by atoms with van der Waals surface area (Å²) in [5.41, 5.74) is 1.68. The van der Waals surface area contributed by atoms with Gasteiger partial charge in [0.05, 0.1) is 13.2 Å². The van der Waals surface area contributed by atoms with Crippen LogP contribution in [-0.4, -0.2) is 12.2 Å². The molecule has 0 bridgehead atoms. The van der Waals surface area contributed by atoms with E-state index in [4.69, 9.17) is 4.74 Å². The van der Waals surface area contributed by atoms with Crippen molar-refractivity contribution in [3.8, 4) is 5.75 Å². The minimum atomic E-state index is -0.893. The van der Waals surface area contributed by atoms with Gasteiger partial charge in [-0.2, -0.15) is 0 Å². The molecule has 1 atom stereocenters. The van der Waals surface area contributed by atoms with Gasteiger partial charge in [0, 0.05) is 6.42 Å². The SMILES string of the molecule is COc1ccc(C(O)Cc2cc(F)ccc2F)cc1C. The predicted molar refractivity (Wildman–Crippen MR) is 72.8 cm³/mol. The first kappa shape index (κ1) is 14.5. The number of aliphatic hydroxyl groups excluding tert-OH is 1. The van der Waals surface area contributed by atoms with Gasteiger partial charge in [-0.05, 0) is 53.9 Å². The Labute approximate surface area is 116 Å². The van der Waals surface area contributed by atoms with E-state index in [9.17, 15) is 13.9 Å². The molecular weight excluding hydrogens is 262 g/mol. The maximum Gasteiger partial charge on any atom is 0.126 e. The van der Waals surface area contributed by atoms with Crippen molar-refractivity contribution in [2.75, 3.05) is 7.11 Å². The van der Waals surface area contributed by atoms with Crippen LogP contribution in [0.3, 0.4) is 0 Å². The van der Waals surface area contributed by atoms with E-state index in [1.165, 1.54) is 0 Å². The second kappa shape index (κ2) is 6.01. The highest BCUT2D eigenvalue weighted by Gasteiger charge is 2.13. The number of methoxy groups -OCH3 is 1. The van der Waals surface area contributed by atoms with E-state index < -0.39 is 17.7 Å². The molecule has 0 aromatic heterocycles. The Morgan fingerprint density at radius 2 is 1.90 bits per heavy atom. The number of aliphatic hydroxyl groups is 1. The van der Waals surface area contributed by atoms with E-state index in [1.54, 1.807) is 25.3 Å². The van der Waals surface area contributed by atoms with Crippen LogP contribution in [0.4, 0.5) is 8.78 Å². The zero-order chi connectivity index (χ0) is 14.7. The van der Waals surface area contributed by atoms with Gasteiger partial charge in [-0.1, -0.05) is 6.07 Å². The molecule has 0 fully saturated rings. The van der Waals surface area contributed by atoms with Crippen molar-refractivity contribution in [3.05, 3.63) is 64.7 Å². The van der Waals surface area contributed by atoms with Crippen LogP contribution in [0.15, 0.2) is 36.4 Å². The molecule has 0 radical (unpaired) electrons. The van der Waals surface area contributed by atoms with Crippen LogP contribution in [-0.2, 0) is 6.42 Å². The van der Waals surface area contributed by atoms with Gasteiger partial charge < -0.3 is 9.84 Å². The van der Waals surface area contributed by atoms with E-state index in [0.717, 1.165) is 29.5 Å². The van der Waals surface area contributed by atoms with Gasteiger partial charge in [0.2, 0.25) is 0 Å². The van der Waals surface area contributed by atoms with Crippen LogP contribution in [0.25, 0.3) is 0 Å². The largest absolute Gasteiger partial charge is 0.496 e. The monoisotopic (exact) mass is 278 g/mol. The molecule has 0 heterocycles. The summed E-state index contributed by atoms with van der Waals surface area (Å²) in [6, 6.07) is 8.47. The van der Waals surface area contributed by atoms with E-state index in [2.05, 4.69) is 0 Å². The predicted octanol–water partition coefficient (Wildman–Crippen LogP) is 3.56. The molecule has 0 spiro atoms. The highest BCUT2D eigenvalue weighted by molar-refractivity contribution is 5.37. The molecular formula is C16H16F2O2. The fourth-order valence-corrected chi connectivity index (χ4v) is 2.13. The van der Waals surface area contributed by atoms with Crippen LogP contribution in [0.5, 0.6) is 5.75 Å². The fraction of sp³-hybridized carbons (Fsp3) is 0.250. The molecule has 0 aliphatic rings. The Kier molecular flexibility index (Phi) is 4.35. The lowest BCUT2D eigenvalue weighted by atomic mass is 9.99. The second-order valence-electron chi connectivity index (χ2n) is 4.68. The smallest absolute Gasteiger partial charge is 0.126 e. The molecule has 2 aromatic rings. The first-order valence-electron chi connectivity index (χ1n) is 6.28. The average molecular weight is 278 g/mol. The van der Waals surface area contributed by atoms with Crippen molar-refractivity contribution in [3.63, 3.8) is 0 Å². The summed E-state index contributed by atoms with van der Waals surface area (Å²) in [6.07, 6.45) is -0.870. The maximum absolute atomic E-state index is 13.5. The first-order valence-corrected chi connectivity index (χ1v) is 6.28. The van der Waals surface area contributed by atoms with Crippen molar-refractivity contribution in [1.29, 1.82) is 0 Å². The van der Waals surface area contributed by atoms with Gasteiger partial charge in [-0.15, -0.1) is 0 Å². The third kappa shape index (κ3) is 3.14. The normalized spacial score (nSPS) is 12.2. The number of aryl methyl sites for hydroxylation is 1. The number of halogens is 2. The molecule has 1 unspecified atom stereocenters. The van der Waals surface area contributed by atoms with Crippen molar-refractivity contribution in [1.82, 2.24) is 0 Å². The van der Waals surface area contributed by atoms with Crippen molar-refractivity contribution in [2.24, 2.45) is 0 Å². The Hall–Kier alpha value is -1.94. The zero-order valence-electron chi connectivity index (χ0n) is 11.4. The molecule has 4 heteroatoms. The molecule has 0 amide bonds. The molecule has 2 nitrogen and oxygen atoms in total. The van der Waals surface area contributed by atoms with Gasteiger partial charge in [-0.25, -0.2) is 8.78 Å². The van der Waals surface area contributed by atoms with Gasteiger partial charge in [-0.3, -0.25) is 0 Å². The maximum atomic E-state index is 13.5. The minimum absolute atomic E-state index is 0.0232. The third-order valence-corrected chi connectivity index (χ3v) is 3.22. The Balaban J connectivity index is 2.21. The molecule has 0 aliphatic heterocycles. The minimum Gasteiger partial charge on any atom is -0.496 e. The van der Waals surface area contributed by atoms with Gasteiger partial charge in [0.1, 0.15) is 17.4 Å². The van der Waals surface area contributed by atoms with Crippen LogP contribution >= 0.6 is 0 Å². The quantitative estimate of drug-likeness (QED) is 0.926. The Bertz CT molecular complexity index is 611. The lowest BCUT2D eigenvalue weighted by Gasteiger charge is -2.14. The Morgan fingerprint density at radius 1 is 1.15 bits per heavy atom. The zero-order valence-corrected chi connectivity index (χ0v) is 11.4. The number of rotatable bonds is 4. The molecule has 0 saturated carbocycles. The van der Waals surface area contributed by atoms with Crippen molar-refractivity contribution in [2.45, 2.75) is 19.4 Å². The summed E-state index contributed by atoms with van der Waals surface area (Å²) in [5.74, 6) is -0.312. The second-order valence-corrected chi connectivity index (χ2v) is 4.68. The summed E-state index contributed by atoms with van der Waals surface area (Å²) in [6.45, 7) is 1.86. The highest BCUT2D eigenvalue weighted by atomic mass is 19.1. The fourth-order valence-electron chi connectivity index (χ4n) is 2.13. The van der Waals surface area contributed by atoms with Crippen LogP contribution in [0.2, 0.25) is 0 Å². The lowest BCUT2D eigenvalue weighted by Crippen LogP contribution is -2.04. The topological polar surface area (TPSA) is 29.5 Å². The number of hydrogen-bond donors (Lipinski definition) is 1. The molecule has 1 N–H and O–H groups in total. The molecule has 0 aliphatic carbocycles. The van der Waals surface area contributed by atoms with Crippen LogP contribution in [0.1, 0.15) is 22.8 Å². The van der Waals surface area contributed by atoms with Crippen LogP contribution < -0.4 is 4.74 Å². The average Bonchev–Trinajstić information content (AvgIpc) is 2.42. The van der Waals surface area contributed by atoms with Crippen molar-refractivity contribution >= 4 is 0 Å². The first-order chi connectivity index (χ1) is 9.51. The van der Waals surface area contributed by atoms with Crippen LogP contribution in [0, 0.1) is 18.6 Å². The molecule has 0 saturated heterocycles. The standard InChI is InChI=1S/C16H16F2O2/c1-10-7-11(3-6-16(10)20-2)15(19)9-12-8-13(17)4-5-14(12)18/h3-8,15,19H,9H2,1-2H3. The highest BCUT2D eigenvalue weighted by Crippen LogP contribution is 2.25. The summed E-state index contributed by atoms with van der Waals surface area (Å²) in [5, 5.41) is 10.1. The molecule has 20 heavy (non-hydrogen) atoms. The number of hydrogen-bond acceptors (Lipinski definition) is 2. The lowest BCUT2D eigenvalue weighted by molar-refractivity contribution is 0.177. The summed E-state index contributed by atoms with van der Waals surface area (Å²) >= 11 is 0. The number of ether oxygens (including phenoxy) is 1. The van der Waals surface area contributed by atoms with E-state index in [-0.39, 0.29) is 12.0 Å². The Morgan fingerprint density at radius 3 is 2.55 bits per heavy atom. The van der Waals surface area contributed by atoms with Gasteiger partial charge in [0.15, 0.2) is 0 Å². The summed E-state index contributed by atoms with van der Waals surface area (Å²) < 4.78 is 31.8. The summed E-state index contributed by atoms with van der Waals surface area (Å²) in [4.78, 5) is 0. The summed E-state index contributed by atoms with van der Waals surface area (Å²) in [7, 11) is 1.57. The van der Waals surface area contributed by atoms with Crippen molar-refractivity contribution < 1.29 is 18.6 Å². The van der Waals surface area contributed by atoms with E-state index in [1.807, 2.05) is 6.92 Å². The van der Waals surface area contributed by atoms with E-state index >= 15 is 0 Å². The molecule has 2 rings (SSSR count). The molecule has 2 aromatic carbocycles. The number of benzene rings is 2. The van der Waals surface area contributed by atoms with E-state index in [0.29, 0.717) is 5.56 Å². The van der Waals surface area contributed by atoms with Gasteiger partial charge >= 0.3 is 0 Å². The van der Waals surface area contributed by atoms with Gasteiger partial charge in [0.25, 0.3) is 0 Å².